The molecule has 3 N–H and O–H groups in total. The third-order valence-corrected chi connectivity index (χ3v) is 2.32. The zero-order valence-corrected chi connectivity index (χ0v) is 11.9. The fourth-order valence-electron chi connectivity index (χ4n) is 1.61. The first-order chi connectivity index (χ1) is 8.87. The monoisotopic (exact) mass is 270 g/mol. The average molecular weight is 270 g/mol. The lowest BCUT2D eigenvalue weighted by Crippen LogP contribution is -2.38. The third-order valence-electron chi connectivity index (χ3n) is 2.32. The molecule has 0 saturated heterocycles. The molecule has 0 aliphatic rings. The number of rotatable bonds is 5. The second kappa shape index (κ2) is 6.58. The maximum Gasteiger partial charge on any atom is 0.408 e. The molecule has 0 aromatic carbocycles. The molecular weight excluding hydrogens is 248 g/mol. The number of amides is 1. The van der Waals surface area contributed by atoms with Crippen molar-refractivity contribution in [3.05, 3.63) is 23.7 Å². The van der Waals surface area contributed by atoms with Crippen LogP contribution in [0.2, 0.25) is 0 Å². The van der Waals surface area contributed by atoms with Crippen molar-refractivity contribution in [3.63, 3.8) is 0 Å². The van der Waals surface area contributed by atoms with Crippen LogP contribution in [-0.2, 0) is 16.1 Å². The topological polar surface area (TPSA) is 86.7 Å². The van der Waals surface area contributed by atoms with Crippen LogP contribution in [0.1, 0.15) is 38.1 Å². The largest absolute Gasteiger partial charge is 0.467 e. The van der Waals surface area contributed by atoms with E-state index in [0.29, 0.717) is 12.4 Å². The number of ether oxygens (including phenoxy) is 2. The van der Waals surface area contributed by atoms with Crippen LogP contribution in [0.3, 0.4) is 0 Å². The van der Waals surface area contributed by atoms with Crippen LogP contribution in [0.15, 0.2) is 16.7 Å². The second-order valence-electron chi connectivity index (χ2n) is 5.18. The first-order valence-corrected chi connectivity index (χ1v) is 6.12. The van der Waals surface area contributed by atoms with Crippen molar-refractivity contribution in [2.75, 3.05) is 13.7 Å². The first kappa shape index (κ1) is 15.5. The molecule has 1 unspecified atom stereocenters. The lowest BCUT2D eigenvalue weighted by molar-refractivity contribution is 0.0498. The molecule has 0 spiro atoms. The molecule has 0 radical (unpaired) electrons. The first-order valence-electron chi connectivity index (χ1n) is 6.12. The summed E-state index contributed by atoms with van der Waals surface area (Å²) < 4.78 is 15.6. The molecule has 1 atom stereocenters. The standard InChI is InChI=1S/C13H22N2O4/c1-13(2,3)19-12(16)15-10(7-14)11-9(8-17-4)5-6-18-11/h5-6,10H,7-8,14H2,1-4H3,(H,15,16). The van der Waals surface area contributed by atoms with Crippen LogP contribution in [0.4, 0.5) is 4.79 Å². The van der Waals surface area contributed by atoms with Crippen molar-refractivity contribution in [3.8, 4) is 0 Å². The number of nitrogens with two attached hydrogens (primary N) is 1. The number of hydrogen-bond acceptors (Lipinski definition) is 5. The SMILES string of the molecule is COCc1ccoc1C(CN)NC(=O)OC(C)(C)C. The normalized spacial score (nSPS) is 13.1. The summed E-state index contributed by atoms with van der Waals surface area (Å²) in [5, 5.41) is 2.69. The van der Waals surface area contributed by atoms with Crippen molar-refractivity contribution in [1.82, 2.24) is 5.32 Å². The lowest BCUT2D eigenvalue weighted by Gasteiger charge is -2.22. The molecule has 1 heterocycles. The summed E-state index contributed by atoms with van der Waals surface area (Å²) in [5.41, 5.74) is 5.97. The number of methoxy groups -OCH3 is 1. The Hall–Kier alpha value is -1.53. The van der Waals surface area contributed by atoms with E-state index in [1.165, 1.54) is 0 Å². The molecule has 19 heavy (non-hydrogen) atoms. The van der Waals surface area contributed by atoms with E-state index in [-0.39, 0.29) is 6.54 Å². The van der Waals surface area contributed by atoms with Gasteiger partial charge < -0.3 is 24.9 Å². The number of hydrogen-bond donors (Lipinski definition) is 2. The van der Waals surface area contributed by atoms with Gasteiger partial charge in [0, 0.05) is 19.2 Å². The van der Waals surface area contributed by atoms with Crippen molar-refractivity contribution in [2.24, 2.45) is 5.73 Å². The molecule has 6 nitrogen and oxygen atoms in total. The molecule has 1 aromatic heterocycles. The Morgan fingerprint density at radius 2 is 2.21 bits per heavy atom. The Kier molecular flexibility index (Phi) is 5.38. The summed E-state index contributed by atoms with van der Waals surface area (Å²) in [5.74, 6) is 0.593. The molecule has 0 aliphatic heterocycles. The Labute approximate surface area is 113 Å². The average Bonchev–Trinajstić information content (AvgIpc) is 2.72. The number of carbonyl (C=O) groups excluding carboxylic acids is 1. The molecule has 0 aliphatic carbocycles. The number of alkyl carbamates (subject to hydrolysis) is 1. The summed E-state index contributed by atoms with van der Waals surface area (Å²) in [4.78, 5) is 11.7. The van der Waals surface area contributed by atoms with Crippen LogP contribution in [0.25, 0.3) is 0 Å². The van der Waals surface area contributed by atoms with Gasteiger partial charge in [0.2, 0.25) is 0 Å². The second-order valence-corrected chi connectivity index (χ2v) is 5.18. The van der Waals surface area contributed by atoms with Gasteiger partial charge >= 0.3 is 6.09 Å². The highest BCUT2D eigenvalue weighted by atomic mass is 16.6. The number of furan rings is 1. The van der Waals surface area contributed by atoms with Crippen LogP contribution in [-0.4, -0.2) is 25.3 Å². The van der Waals surface area contributed by atoms with E-state index < -0.39 is 17.7 Å². The van der Waals surface area contributed by atoms with Gasteiger partial charge in [-0.3, -0.25) is 0 Å². The Bertz CT molecular complexity index is 409. The molecule has 1 rings (SSSR count). The zero-order chi connectivity index (χ0) is 14.5. The third kappa shape index (κ3) is 4.92. The van der Waals surface area contributed by atoms with Gasteiger partial charge in [-0.2, -0.15) is 0 Å². The minimum absolute atomic E-state index is 0.212. The summed E-state index contributed by atoms with van der Waals surface area (Å²) >= 11 is 0. The number of nitrogens with one attached hydrogen (secondary N) is 1. The van der Waals surface area contributed by atoms with Gasteiger partial charge in [-0.15, -0.1) is 0 Å². The predicted molar refractivity (Wildman–Crippen MR) is 70.6 cm³/mol. The Morgan fingerprint density at radius 1 is 1.53 bits per heavy atom. The fraction of sp³-hybridized carbons (Fsp3) is 0.615. The van der Waals surface area contributed by atoms with Crippen LogP contribution in [0, 0.1) is 0 Å². The van der Waals surface area contributed by atoms with Gasteiger partial charge in [0.1, 0.15) is 17.4 Å². The quantitative estimate of drug-likeness (QED) is 0.854. The van der Waals surface area contributed by atoms with Crippen molar-refractivity contribution in [2.45, 2.75) is 39.0 Å². The van der Waals surface area contributed by atoms with Gasteiger partial charge in [-0.1, -0.05) is 0 Å². The molecular formula is C13H22N2O4. The highest BCUT2D eigenvalue weighted by Crippen LogP contribution is 2.20. The summed E-state index contributed by atoms with van der Waals surface area (Å²) in [6.45, 7) is 6.01. The van der Waals surface area contributed by atoms with E-state index in [1.807, 2.05) is 0 Å². The molecule has 0 bridgehead atoms. The lowest BCUT2D eigenvalue weighted by atomic mass is 10.1. The van der Waals surface area contributed by atoms with E-state index in [1.54, 1.807) is 40.2 Å². The maximum absolute atomic E-state index is 11.7. The van der Waals surface area contributed by atoms with Crippen molar-refractivity contribution < 1.29 is 18.7 Å². The molecule has 0 fully saturated rings. The van der Waals surface area contributed by atoms with Crippen LogP contribution < -0.4 is 11.1 Å². The fourth-order valence-corrected chi connectivity index (χ4v) is 1.61. The predicted octanol–water partition coefficient (Wildman–Crippen LogP) is 1.95. The zero-order valence-electron chi connectivity index (χ0n) is 11.9. The van der Waals surface area contributed by atoms with Crippen LogP contribution >= 0.6 is 0 Å². The van der Waals surface area contributed by atoms with E-state index >= 15 is 0 Å². The molecule has 1 aromatic rings. The highest BCUT2D eigenvalue weighted by Gasteiger charge is 2.23. The molecule has 0 saturated carbocycles. The van der Waals surface area contributed by atoms with Gasteiger partial charge in [0.05, 0.1) is 12.9 Å². The van der Waals surface area contributed by atoms with Crippen molar-refractivity contribution in [1.29, 1.82) is 0 Å². The van der Waals surface area contributed by atoms with Gasteiger partial charge in [-0.05, 0) is 26.8 Å². The molecule has 108 valence electrons. The van der Waals surface area contributed by atoms with E-state index in [4.69, 9.17) is 19.6 Å². The van der Waals surface area contributed by atoms with E-state index in [0.717, 1.165) is 5.56 Å². The number of carbonyl (C=O) groups is 1. The Morgan fingerprint density at radius 3 is 2.74 bits per heavy atom. The van der Waals surface area contributed by atoms with E-state index in [2.05, 4.69) is 5.32 Å². The highest BCUT2D eigenvalue weighted by molar-refractivity contribution is 5.68. The van der Waals surface area contributed by atoms with E-state index in [9.17, 15) is 4.79 Å². The van der Waals surface area contributed by atoms with Gasteiger partial charge in [0.25, 0.3) is 0 Å². The smallest absolute Gasteiger partial charge is 0.408 e. The summed E-state index contributed by atoms with van der Waals surface area (Å²) in [6, 6.07) is 1.35. The van der Waals surface area contributed by atoms with Gasteiger partial charge in [0.15, 0.2) is 0 Å². The Balaban J connectivity index is 2.72. The van der Waals surface area contributed by atoms with Gasteiger partial charge in [-0.25, -0.2) is 4.79 Å². The maximum atomic E-state index is 11.7. The minimum Gasteiger partial charge on any atom is -0.467 e. The minimum atomic E-state index is -0.554. The molecule has 6 heteroatoms. The molecule has 1 amide bonds. The van der Waals surface area contributed by atoms with Crippen molar-refractivity contribution >= 4 is 6.09 Å². The summed E-state index contributed by atoms with van der Waals surface area (Å²) in [7, 11) is 1.59. The van der Waals surface area contributed by atoms with Crippen LogP contribution in [0.5, 0.6) is 0 Å². The summed E-state index contributed by atoms with van der Waals surface area (Å²) in [6.07, 6.45) is 1.02.